The van der Waals surface area contributed by atoms with Gasteiger partial charge in [0.25, 0.3) is 0 Å². The van der Waals surface area contributed by atoms with Crippen molar-refractivity contribution < 1.29 is 0 Å². The molecule has 53 heavy (non-hydrogen) atoms. The molecule has 0 saturated carbocycles. The topological polar surface area (TPSA) is 61.6 Å². The Kier molecular flexibility index (Phi) is 25.7. The molecule has 0 atom stereocenters. The van der Waals surface area contributed by atoms with Crippen molar-refractivity contribution in [3.05, 3.63) is 34.1 Å². The molecular weight excluding hydrogens is 669 g/mol. The van der Waals surface area contributed by atoms with Crippen LogP contribution in [0.2, 0.25) is 0 Å². The summed E-state index contributed by atoms with van der Waals surface area (Å²) in [5.74, 6) is 0.786. The third-order valence-electron chi connectivity index (χ3n) is 11.2. The number of anilines is 1. The van der Waals surface area contributed by atoms with Gasteiger partial charge in [-0.3, -0.25) is 10.1 Å². The molecule has 3 rings (SSSR count). The minimum absolute atomic E-state index is 0.786. The Balaban J connectivity index is 1.54. The van der Waals surface area contributed by atoms with Gasteiger partial charge in [-0.1, -0.05) is 188 Å². The number of nitrogens with zero attached hydrogens (tertiary/aromatic N) is 5. The van der Waals surface area contributed by atoms with Crippen molar-refractivity contribution in [2.75, 3.05) is 25.0 Å². The van der Waals surface area contributed by atoms with Crippen molar-refractivity contribution in [3.8, 4) is 0 Å². The Morgan fingerprint density at radius 2 is 1.06 bits per heavy atom. The molecule has 0 aromatic carbocycles. The Hall–Kier alpha value is -2.15. The van der Waals surface area contributed by atoms with E-state index in [1.807, 2.05) is 17.6 Å². The fraction of sp³-hybridized carbons (Fsp3) is 0.804. The van der Waals surface area contributed by atoms with Gasteiger partial charge in [-0.05, 0) is 37.8 Å². The monoisotopic (exact) mass is 751 g/mol. The zero-order valence-electron chi connectivity index (χ0n) is 35.2. The van der Waals surface area contributed by atoms with Gasteiger partial charge in [0.1, 0.15) is 0 Å². The van der Waals surface area contributed by atoms with Crippen LogP contribution in [0.1, 0.15) is 229 Å². The molecule has 0 unspecified atom stereocenters. The van der Waals surface area contributed by atoms with E-state index in [9.17, 15) is 0 Å². The van der Waals surface area contributed by atoms with Crippen molar-refractivity contribution in [1.82, 2.24) is 19.8 Å². The Morgan fingerprint density at radius 1 is 0.604 bits per heavy atom. The van der Waals surface area contributed by atoms with Crippen molar-refractivity contribution in [2.45, 2.75) is 220 Å². The lowest BCUT2D eigenvalue weighted by Crippen LogP contribution is -2.24. The van der Waals surface area contributed by atoms with Gasteiger partial charge in [-0.25, -0.2) is 4.52 Å². The number of hydrogen-bond donors (Lipinski definition) is 1. The van der Waals surface area contributed by atoms with Gasteiger partial charge < -0.3 is 4.90 Å². The summed E-state index contributed by atoms with van der Waals surface area (Å²) < 4.78 is 2.06. The molecule has 1 N–H and O–H groups in total. The predicted molar refractivity (Wildman–Crippen MR) is 235 cm³/mol. The highest BCUT2D eigenvalue weighted by Gasteiger charge is 2.19. The number of rotatable bonds is 36. The molecule has 0 aliphatic heterocycles. The van der Waals surface area contributed by atoms with E-state index in [4.69, 9.17) is 0 Å². The number of unbranched alkanes of at least 4 members (excludes halogenated alkanes) is 26. The number of aliphatic imine (C=N–C) groups is 1. The standard InChI is InChI=1S/C46H82N6S/c1-5-8-11-14-17-20-21-22-23-24-25-28-31-34-43-42(46-49-48-44(40-47-4)52(46)50-43)39-41-35-36-45(53-41)51(37-32-29-26-18-15-12-9-6-2)38-33-30-27-19-16-13-10-7-3/h35-36,40,50H,5-34,37-39H2,1-4H3. The zero-order valence-corrected chi connectivity index (χ0v) is 36.0. The molecular formula is C46H82N6S. The Labute approximate surface area is 330 Å². The molecule has 0 radical (unpaired) electrons. The summed E-state index contributed by atoms with van der Waals surface area (Å²) in [4.78, 5) is 8.39. The number of H-pyrrole nitrogens is 1. The van der Waals surface area contributed by atoms with Crippen LogP contribution in [-0.2, 0) is 12.8 Å². The van der Waals surface area contributed by atoms with Crippen molar-refractivity contribution >= 4 is 28.2 Å². The molecule has 0 aliphatic rings. The molecule has 6 nitrogen and oxygen atoms in total. The first-order chi connectivity index (χ1) is 26.2. The van der Waals surface area contributed by atoms with Gasteiger partial charge >= 0.3 is 0 Å². The predicted octanol–water partition coefficient (Wildman–Crippen LogP) is 14.5. The quantitative estimate of drug-likeness (QED) is 0.0475. The molecule has 0 saturated heterocycles. The number of aromatic amines is 1. The highest BCUT2D eigenvalue weighted by molar-refractivity contribution is 7.16. The SMILES string of the molecule is CCCCCCCCCCCCCCCc1[nH]n2c(C=NC)nnc2c1Cc1ccc(N(CCCCCCCCCC)CCCCCCCCCC)s1. The fourth-order valence-corrected chi connectivity index (χ4v) is 8.93. The average Bonchev–Trinajstić information content (AvgIpc) is 3.89. The van der Waals surface area contributed by atoms with Gasteiger partial charge in [-0.15, -0.1) is 21.5 Å². The van der Waals surface area contributed by atoms with Crippen LogP contribution in [0.25, 0.3) is 5.65 Å². The normalized spacial score (nSPS) is 11.9. The van der Waals surface area contributed by atoms with Crippen LogP contribution in [0.15, 0.2) is 17.1 Å². The average molecular weight is 751 g/mol. The molecule has 0 spiro atoms. The van der Waals surface area contributed by atoms with Crippen LogP contribution in [0.3, 0.4) is 0 Å². The summed E-state index contributed by atoms with van der Waals surface area (Å²) in [6.07, 6.45) is 43.8. The fourth-order valence-electron chi connectivity index (χ4n) is 7.86. The molecule has 3 heterocycles. The summed E-state index contributed by atoms with van der Waals surface area (Å²) in [6, 6.07) is 4.79. The largest absolute Gasteiger partial charge is 0.363 e. The van der Waals surface area contributed by atoms with Gasteiger partial charge in [0.05, 0.1) is 11.2 Å². The van der Waals surface area contributed by atoms with Gasteiger partial charge in [-0.2, -0.15) is 0 Å². The van der Waals surface area contributed by atoms with E-state index in [0.717, 1.165) is 24.3 Å². The van der Waals surface area contributed by atoms with Crippen LogP contribution in [0.4, 0.5) is 5.00 Å². The van der Waals surface area contributed by atoms with Crippen LogP contribution in [-0.4, -0.2) is 46.2 Å². The third-order valence-corrected chi connectivity index (χ3v) is 12.4. The van der Waals surface area contributed by atoms with Crippen molar-refractivity contribution in [3.63, 3.8) is 0 Å². The highest BCUT2D eigenvalue weighted by atomic mass is 32.1. The summed E-state index contributed by atoms with van der Waals surface area (Å²) in [5, 5.41) is 14.3. The number of nitrogens with one attached hydrogen (secondary N) is 1. The maximum atomic E-state index is 4.66. The van der Waals surface area contributed by atoms with Crippen molar-refractivity contribution in [1.29, 1.82) is 0 Å². The second-order valence-electron chi connectivity index (χ2n) is 16.0. The van der Waals surface area contributed by atoms with E-state index in [1.54, 1.807) is 7.05 Å². The van der Waals surface area contributed by atoms with Crippen LogP contribution >= 0.6 is 11.3 Å². The lowest BCUT2D eigenvalue weighted by molar-refractivity contribution is 0.538. The number of fused-ring (bicyclic) bond motifs is 1. The Morgan fingerprint density at radius 3 is 1.53 bits per heavy atom. The van der Waals surface area contributed by atoms with E-state index in [2.05, 4.69) is 62.6 Å². The van der Waals surface area contributed by atoms with Crippen LogP contribution in [0, 0.1) is 0 Å². The van der Waals surface area contributed by atoms with E-state index >= 15 is 0 Å². The summed E-state index contributed by atoms with van der Waals surface area (Å²) in [5.41, 5.74) is 3.61. The third kappa shape index (κ3) is 18.8. The maximum absolute atomic E-state index is 4.66. The molecule has 0 bridgehead atoms. The summed E-state index contributed by atoms with van der Waals surface area (Å²) in [6.45, 7) is 9.30. The smallest absolute Gasteiger partial charge is 0.193 e. The first-order valence-electron chi connectivity index (χ1n) is 22.9. The lowest BCUT2D eigenvalue weighted by Gasteiger charge is -2.23. The number of aryl methyl sites for hydroxylation is 1. The molecule has 302 valence electrons. The molecule has 7 heteroatoms. The van der Waals surface area contributed by atoms with Gasteiger partial charge in [0.2, 0.25) is 0 Å². The number of hydrogen-bond acceptors (Lipinski definition) is 5. The first kappa shape index (κ1) is 45.2. The molecule has 0 fully saturated rings. The second kappa shape index (κ2) is 30.1. The molecule has 0 amide bonds. The number of thiophene rings is 1. The van der Waals surface area contributed by atoms with Gasteiger partial charge in [0, 0.05) is 42.7 Å². The van der Waals surface area contributed by atoms with Crippen LogP contribution in [0.5, 0.6) is 0 Å². The maximum Gasteiger partial charge on any atom is 0.193 e. The van der Waals surface area contributed by atoms with E-state index < -0.39 is 0 Å². The number of aromatic nitrogens is 4. The first-order valence-corrected chi connectivity index (χ1v) is 23.7. The minimum Gasteiger partial charge on any atom is -0.363 e. The summed E-state index contributed by atoms with van der Waals surface area (Å²) in [7, 11) is 1.81. The van der Waals surface area contributed by atoms with Gasteiger partial charge in [0.15, 0.2) is 11.5 Å². The van der Waals surface area contributed by atoms with Crippen molar-refractivity contribution in [2.24, 2.45) is 4.99 Å². The highest BCUT2D eigenvalue weighted by Crippen LogP contribution is 2.31. The van der Waals surface area contributed by atoms with E-state index in [0.29, 0.717) is 0 Å². The molecule has 3 aromatic rings. The second-order valence-corrected chi connectivity index (χ2v) is 17.2. The molecule has 0 aliphatic carbocycles. The van der Waals surface area contributed by atoms with E-state index in [1.165, 1.54) is 220 Å². The van der Waals surface area contributed by atoms with E-state index in [-0.39, 0.29) is 0 Å². The summed E-state index contributed by atoms with van der Waals surface area (Å²) >= 11 is 2.00. The zero-order chi connectivity index (χ0) is 37.6. The Bertz CT molecular complexity index is 1280. The minimum atomic E-state index is 0.786. The van der Waals surface area contributed by atoms with Crippen LogP contribution < -0.4 is 4.90 Å². The lowest BCUT2D eigenvalue weighted by atomic mass is 10.0. The molecule has 3 aromatic heterocycles.